The molecule has 0 saturated carbocycles. The molecule has 0 radical (unpaired) electrons. The average molecular weight is 368 g/mol. The van der Waals surface area contributed by atoms with E-state index in [1.807, 2.05) is 42.2 Å². The first-order chi connectivity index (χ1) is 13.3. The number of fused-ring (bicyclic) bond motifs is 1. The molecular weight excluding hydrogens is 340 g/mol. The summed E-state index contributed by atoms with van der Waals surface area (Å²) in [6.45, 7) is 5.01. The van der Waals surface area contributed by atoms with Crippen LogP contribution in [0.2, 0.25) is 0 Å². The lowest BCUT2D eigenvalue weighted by Gasteiger charge is -2.17. The fourth-order valence-corrected chi connectivity index (χ4v) is 3.25. The molecule has 1 aliphatic rings. The number of nitrogens with one attached hydrogen (secondary N) is 2. The van der Waals surface area contributed by atoms with Crippen molar-refractivity contribution in [3.8, 4) is 0 Å². The molecule has 1 amide bonds. The Bertz CT molecular complexity index is 755. The molecule has 1 aliphatic heterocycles. The Morgan fingerprint density at radius 2 is 2.11 bits per heavy atom. The molecule has 27 heavy (non-hydrogen) atoms. The van der Waals surface area contributed by atoms with Crippen LogP contribution in [0.15, 0.2) is 52.1 Å². The Kier molecular flexibility index (Phi) is 6.90. The highest BCUT2D eigenvalue weighted by molar-refractivity contribution is 5.95. The van der Waals surface area contributed by atoms with E-state index in [1.54, 1.807) is 6.26 Å². The van der Waals surface area contributed by atoms with Gasteiger partial charge in [0, 0.05) is 44.7 Å². The molecule has 0 spiro atoms. The summed E-state index contributed by atoms with van der Waals surface area (Å²) >= 11 is 0. The minimum absolute atomic E-state index is 0.186. The van der Waals surface area contributed by atoms with Gasteiger partial charge in [0.2, 0.25) is 5.91 Å². The lowest BCUT2D eigenvalue weighted by Crippen LogP contribution is -2.38. The largest absolute Gasteiger partial charge is 0.469 e. The molecule has 2 heterocycles. The van der Waals surface area contributed by atoms with Gasteiger partial charge in [-0.15, -0.1) is 0 Å². The van der Waals surface area contributed by atoms with Crippen LogP contribution in [0.4, 0.5) is 5.69 Å². The van der Waals surface area contributed by atoms with Crippen LogP contribution >= 0.6 is 0 Å². The first kappa shape index (κ1) is 19.0. The zero-order valence-electron chi connectivity index (χ0n) is 15.9. The van der Waals surface area contributed by atoms with Crippen LogP contribution in [-0.2, 0) is 17.6 Å². The fourth-order valence-electron chi connectivity index (χ4n) is 3.25. The highest BCUT2D eigenvalue weighted by Crippen LogP contribution is 2.27. The Balaban J connectivity index is 1.41. The van der Waals surface area contributed by atoms with E-state index < -0.39 is 0 Å². The maximum Gasteiger partial charge on any atom is 0.227 e. The minimum atomic E-state index is 0.186. The number of furan rings is 1. The third-order valence-corrected chi connectivity index (χ3v) is 4.60. The van der Waals surface area contributed by atoms with Gasteiger partial charge in [-0.05, 0) is 43.5 Å². The van der Waals surface area contributed by atoms with Gasteiger partial charge in [-0.3, -0.25) is 9.79 Å². The quantitative estimate of drug-likeness (QED) is 0.427. The van der Waals surface area contributed by atoms with Crippen LogP contribution in [0.3, 0.4) is 0 Å². The number of rotatable bonds is 8. The second-order valence-corrected chi connectivity index (χ2v) is 6.54. The number of guanidine groups is 1. The Morgan fingerprint density at radius 1 is 1.22 bits per heavy atom. The maximum atomic E-state index is 12.5. The monoisotopic (exact) mass is 368 g/mol. The molecular formula is C21H28N4O2. The highest BCUT2D eigenvalue weighted by Gasteiger charge is 2.23. The number of aliphatic imine (C=N–C) groups is 1. The van der Waals surface area contributed by atoms with Gasteiger partial charge in [-0.2, -0.15) is 0 Å². The summed E-state index contributed by atoms with van der Waals surface area (Å²) < 4.78 is 5.33. The number of carbonyl (C=O) groups is 1. The van der Waals surface area contributed by atoms with Gasteiger partial charge in [-0.25, -0.2) is 0 Å². The molecule has 2 N–H and O–H groups in total. The van der Waals surface area contributed by atoms with Crippen molar-refractivity contribution in [2.45, 2.75) is 32.6 Å². The molecule has 1 aromatic heterocycles. The molecule has 1 aromatic carbocycles. The lowest BCUT2D eigenvalue weighted by molar-refractivity contribution is -0.118. The van der Waals surface area contributed by atoms with E-state index in [1.165, 1.54) is 5.56 Å². The standard InChI is InChI=1S/C21H28N4O2/c1-2-22-21(24-14-11-18-8-6-16-27-18)23-13-5-10-20(26)25-15-12-17-7-3-4-9-19(17)25/h3-4,6-9,16H,2,5,10-15H2,1H3,(H2,22,23,24). The maximum absolute atomic E-state index is 12.5. The number of anilines is 1. The van der Waals surface area contributed by atoms with E-state index >= 15 is 0 Å². The van der Waals surface area contributed by atoms with E-state index in [0.717, 1.165) is 56.3 Å². The molecule has 144 valence electrons. The van der Waals surface area contributed by atoms with Gasteiger partial charge >= 0.3 is 0 Å². The van der Waals surface area contributed by atoms with E-state index in [0.29, 0.717) is 13.0 Å². The molecule has 2 aromatic rings. The number of amides is 1. The predicted molar refractivity (Wildman–Crippen MR) is 108 cm³/mol. The van der Waals surface area contributed by atoms with Crippen molar-refractivity contribution in [1.29, 1.82) is 0 Å². The molecule has 0 bridgehead atoms. The van der Waals surface area contributed by atoms with Crippen LogP contribution in [-0.4, -0.2) is 38.0 Å². The molecule has 0 fully saturated rings. The Morgan fingerprint density at radius 3 is 2.93 bits per heavy atom. The second kappa shape index (κ2) is 9.80. The van der Waals surface area contributed by atoms with Crippen LogP contribution in [0.1, 0.15) is 31.1 Å². The van der Waals surface area contributed by atoms with E-state index in [4.69, 9.17) is 4.42 Å². The zero-order valence-corrected chi connectivity index (χ0v) is 15.9. The van der Waals surface area contributed by atoms with Gasteiger partial charge in [-0.1, -0.05) is 18.2 Å². The smallest absolute Gasteiger partial charge is 0.227 e. The zero-order chi connectivity index (χ0) is 18.9. The van der Waals surface area contributed by atoms with Crippen molar-refractivity contribution in [3.63, 3.8) is 0 Å². The SMILES string of the molecule is CCNC(=NCCCC(=O)N1CCc2ccccc21)NCCc1ccco1. The molecule has 0 saturated heterocycles. The van der Waals surface area contributed by atoms with Crippen molar-refractivity contribution < 1.29 is 9.21 Å². The van der Waals surface area contributed by atoms with Crippen LogP contribution in [0, 0.1) is 0 Å². The molecule has 6 nitrogen and oxygen atoms in total. The highest BCUT2D eigenvalue weighted by atomic mass is 16.3. The molecule has 0 unspecified atom stereocenters. The molecule has 0 aliphatic carbocycles. The van der Waals surface area contributed by atoms with Crippen LogP contribution in [0.5, 0.6) is 0 Å². The fraction of sp³-hybridized carbons (Fsp3) is 0.429. The first-order valence-electron chi connectivity index (χ1n) is 9.70. The van der Waals surface area contributed by atoms with Crippen molar-refractivity contribution >= 4 is 17.6 Å². The van der Waals surface area contributed by atoms with E-state index in [-0.39, 0.29) is 5.91 Å². The van der Waals surface area contributed by atoms with Crippen molar-refractivity contribution in [2.24, 2.45) is 4.99 Å². The van der Waals surface area contributed by atoms with Crippen LogP contribution < -0.4 is 15.5 Å². The number of para-hydroxylation sites is 1. The average Bonchev–Trinajstić information content (AvgIpc) is 3.34. The van der Waals surface area contributed by atoms with Gasteiger partial charge in [0.15, 0.2) is 5.96 Å². The third kappa shape index (κ3) is 5.36. The van der Waals surface area contributed by atoms with Crippen molar-refractivity contribution in [1.82, 2.24) is 10.6 Å². The van der Waals surface area contributed by atoms with Gasteiger partial charge in [0.1, 0.15) is 5.76 Å². The molecule has 0 atom stereocenters. The molecule has 3 rings (SSSR count). The number of benzene rings is 1. The van der Waals surface area contributed by atoms with E-state index in [9.17, 15) is 4.79 Å². The van der Waals surface area contributed by atoms with E-state index in [2.05, 4.69) is 21.7 Å². The number of nitrogens with zero attached hydrogens (tertiary/aromatic N) is 2. The van der Waals surface area contributed by atoms with Gasteiger partial charge in [0.05, 0.1) is 6.26 Å². The topological polar surface area (TPSA) is 69.9 Å². The third-order valence-electron chi connectivity index (χ3n) is 4.60. The summed E-state index contributed by atoms with van der Waals surface area (Å²) in [6, 6.07) is 12.0. The number of hydrogen-bond donors (Lipinski definition) is 2. The lowest BCUT2D eigenvalue weighted by atomic mass is 10.2. The Hall–Kier alpha value is -2.76. The second-order valence-electron chi connectivity index (χ2n) is 6.54. The minimum Gasteiger partial charge on any atom is -0.469 e. The van der Waals surface area contributed by atoms with Gasteiger partial charge in [0.25, 0.3) is 0 Å². The van der Waals surface area contributed by atoms with Crippen molar-refractivity contribution in [2.75, 3.05) is 31.1 Å². The van der Waals surface area contributed by atoms with Crippen LogP contribution in [0.25, 0.3) is 0 Å². The number of hydrogen-bond acceptors (Lipinski definition) is 3. The summed E-state index contributed by atoms with van der Waals surface area (Å²) in [4.78, 5) is 19.0. The number of carbonyl (C=O) groups excluding carboxylic acids is 1. The summed E-state index contributed by atoms with van der Waals surface area (Å²) in [5, 5.41) is 6.53. The normalized spacial score (nSPS) is 13.5. The van der Waals surface area contributed by atoms with Crippen molar-refractivity contribution in [3.05, 3.63) is 54.0 Å². The Labute approximate surface area is 160 Å². The summed E-state index contributed by atoms with van der Waals surface area (Å²) in [5.74, 6) is 1.92. The summed E-state index contributed by atoms with van der Waals surface area (Å²) in [5.41, 5.74) is 2.33. The predicted octanol–water partition coefficient (Wildman–Crippen LogP) is 2.75. The first-order valence-corrected chi connectivity index (χ1v) is 9.70. The summed E-state index contributed by atoms with van der Waals surface area (Å²) in [7, 11) is 0. The van der Waals surface area contributed by atoms with Gasteiger partial charge < -0.3 is 20.0 Å². The summed E-state index contributed by atoms with van der Waals surface area (Å²) in [6.07, 6.45) is 4.70. The molecule has 6 heteroatoms.